The first-order valence-electron chi connectivity index (χ1n) is 8.45. The van der Waals surface area contributed by atoms with Crippen molar-refractivity contribution in [2.24, 2.45) is 0 Å². The molecule has 1 saturated carbocycles. The van der Waals surface area contributed by atoms with E-state index in [1.165, 1.54) is 17.4 Å². The van der Waals surface area contributed by atoms with E-state index in [1.54, 1.807) is 18.5 Å². The lowest BCUT2D eigenvalue weighted by Crippen LogP contribution is -2.42. The maximum atomic E-state index is 14.2. The summed E-state index contributed by atoms with van der Waals surface area (Å²) in [4.78, 5) is 9.29. The van der Waals surface area contributed by atoms with Crippen molar-refractivity contribution in [2.75, 3.05) is 11.9 Å². The zero-order valence-corrected chi connectivity index (χ0v) is 14.8. The number of halogens is 1. The highest BCUT2D eigenvalue weighted by atomic mass is 32.1. The van der Waals surface area contributed by atoms with Crippen molar-refractivity contribution in [3.05, 3.63) is 53.0 Å². The first-order chi connectivity index (χ1) is 12.7. The second-order valence-corrected chi connectivity index (χ2v) is 7.53. The van der Waals surface area contributed by atoms with Crippen molar-refractivity contribution in [3.63, 3.8) is 0 Å². The van der Waals surface area contributed by atoms with Crippen LogP contribution in [0.25, 0.3) is 10.7 Å². The van der Waals surface area contributed by atoms with Gasteiger partial charge in [-0.2, -0.15) is 0 Å². The molecule has 3 heterocycles. The number of pyridine rings is 1. The van der Waals surface area contributed by atoms with Gasteiger partial charge in [0.15, 0.2) is 0 Å². The maximum Gasteiger partial charge on any atom is 0.148 e. The summed E-state index contributed by atoms with van der Waals surface area (Å²) in [5, 5.41) is 21.5. The number of thiazole rings is 1. The van der Waals surface area contributed by atoms with Gasteiger partial charge in [-0.3, -0.25) is 4.98 Å². The Kier molecular flexibility index (Phi) is 4.60. The SMILES string of the molecule is OCc1cnc(-c2ccc(NCC3(c4ncccc4F)CCC3)nn2)s1. The Labute approximate surface area is 154 Å². The second-order valence-electron chi connectivity index (χ2n) is 6.41. The quantitative estimate of drug-likeness (QED) is 0.692. The molecule has 4 rings (SSSR count). The van der Waals surface area contributed by atoms with Gasteiger partial charge in [0.25, 0.3) is 0 Å². The van der Waals surface area contributed by atoms with Gasteiger partial charge in [0, 0.05) is 24.4 Å². The average molecular weight is 371 g/mol. The van der Waals surface area contributed by atoms with Crippen LogP contribution in [0.1, 0.15) is 29.8 Å². The van der Waals surface area contributed by atoms with E-state index >= 15 is 0 Å². The lowest BCUT2D eigenvalue weighted by molar-refractivity contribution is 0.243. The van der Waals surface area contributed by atoms with Crippen LogP contribution in [0, 0.1) is 5.82 Å². The minimum atomic E-state index is -0.281. The molecule has 8 heteroatoms. The van der Waals surface area contributed by atoms with E-state index in [-0.39, 0.29) is 17.8 Å². The number of aliphatic hydroxyl groups is 1. The van der Waals surface area contributed by atoms with Crippen LogP contribution in [0.4, 0.5) is 10.2 Å². The Morgan fingerprint density at radius 2 is 2.08 bits per heavy atom. The average Bonchev–Trinajstić information content (AvgIpc) is 3.12. The van der Waals surface area contributed by atoms with Gasteiger partial charge >= 0.3 is 0 Å². The van der Waals surface area contributed by atoms with E-state index in [2.05, 4.69) is 25.5 Å². The minimum Gasteiger partial charge on any atom is -0.391 e. The highest BCUT2D eigenvalue weighted by molar-refractivity contribution is 7.14. The zero-order valence-electron chi connectivity index (χ0n) is 14.0. The maximum absolute atomic E-state index is 14.2. The highest BCUT2D eigenvalue weighted by Gasteiger charge is 2.41. The van der Waals surface area contributed by atoms with Gasteiger partial charge in [0.1, 0.15) is 22.3 Å². The predicted molar refractivity (Wildman–Crippen MR) is 97.3 cm³/mol. The third-order valence-electron chi connectivity index (χ3n) is 4.77. The normalized spacial score (nSPS) is 15.5. The molecule has 3 aromatic heterocycles. The Balaban J connectivity index is 1.47. The molecule has 0 unspecified atom stereocenters. The van der Waals surface area contributed by atoms with Crippen LogP contribution in [0.5, 0.6) is 0 Å². The summed E-state index contributed by atoms with van der Waals surface area (Å²) in [6.45, 7) is 0.539. The molecular weight excluding hydrogens is 353 g/mol. The van der Waals surface area contributed by atoms with E-state index in [1.807, 2.05) is 12.1 Å². The summed E-state index contributed by atoms with van der Waals surface area (Å²) >= 11 is 1.39. The largest absolute Gasteiger partial charge is 0.391 e. The molecule has 0 aromatic carbocycles. The summed E-state index contributed by atoms with van der Waals surface area (Å²) < 4.78 is 14.2. The van der Waals surface area contributed by atoms with Crippen LogP contribution in [0.2, 0.25) is 0 Å². The van der Waals surface area contributed by atoms with Crippen LogP contribution in [-0.4, -0.2) is 31.8 Å². The van der Waals surface area contributed by atoms with E-state index < -0.39 is 0 Å². The number of nitrogens with one attached hydrogen (secondary N) is 1. The molecular formula is C18H18FN5OS. The third kappa shape index (κ3) is 3.17. The molecule has 0 radical (unpaired) electrons. The molecule has 0 saturated heterocycles. The van der Waals surface area contributed by atoms with Crippen LogP contribution in [0.3, 0.4) is 0 Å². The number of hydrogen-bond donors (Lipinski definition) is 2. The molecule has 26 heavy (non-hydrogen) atoms. The molecule has 6 nitrogen and oxygen atoms in total. The molecule has 0 bridgehead atoms. The molecule has 1 aliphatic rings. The lowest BCUT2D eigenvalue weighted by atomic mass is 9.66. The first kappa shape index (κ1) is 17.0. The fraction of sp³-hybridized carbons (Fsp3) is 0.333. The van der Waals surface area contributed by atoms with Gasteiger partial charge in [0.2, 0.25) is 0 Å². The van der Waals surface area contributed by atoms with Gasteiger partial charge in [-0.1, -0.05) is 6.42 Å². The Hall–Kier alpha value is -2.45. The molecule has 0 amide bonds. The fourth-order valence-electron chi connectivity index (χ4n) is 3.18. The summed E-state index contributed by atoms with van der Waals surface area (Å²) in [7, 11) is 0. The van der Waals surface area contributed by atoms with Gasteiger partial charge < -0.3 is 10.4 Å². The van der Waals surface area contributed by atoms with Crippen molar-refractivity contribution < 1.29 is 9.50 Å². The van der Waals surface area contributed by atoms with E-state index in [4.69, 9.17) is 5.11 Å². The van der Waals surface area contributed by atoms with Crippen molar-refractivity contribution in [1.82, 2.24) is 20.2 Å². The smallest absolute Gasteiger partial charge is 0.148 e. The van der Waals surface area contributed by atoms with Crippen molar-refractivity contribution >= 4 is 17.2 Å². The number of aliphatic hydroxyl groups excluding tert-OH is 1. The Bertz CT molecular complexity index is 895. The fourth-order valence-corrected chi connectivity index (χ4v) is 3.91. The van der Waals surface area contributed by atoms with Crippen LogP contribution in [-0.2, 0) is 12.0 Å². The Morgan fingerprint density at radius 3 is 2.69 bits per heavy atom. The summed E-state index contributed by atoms with van der Waals surface area (Å²) in [6, 6.07) is 6.75. The van der Waals surface area contributed by atoms with Gasteiger partial charge in [-0.15, -0.1) is 21.5 Å². The number of rotatable bonds is 6. The van der Waals surface area contributed by atoms with Gasteiger partial charge in [-0.05, 0) is 37.1 Å². The van der Waals surface area contributed by atoms with E-state index in [0.29, 0.717) is 23.8 Å². The molecule has 1 aliphatic carbocycles. The molecule has 1 fully saturated rings. The lowest BCUT2D eigenvalue weighted by Gasteiger charge is -2.41. The predicted octanol–water partition coefficient (Wildman–Crippen LogP) is 3.16. The van der Waals surface area contributed by atoms with Crippen LogP contribution < -0.4 is 5.32 Å². The van der Waals surface area contributed by atoms with Crippen molar-refractivity contribution in [3.8, 4) is 10.7 Å². The number of hydrogen-bond acceptors (Lipinski definition) is 7. The molecule has 3 aromatic rings. The molecule has 134 valence electrons. The summed E-state index contributed by atoms with van der Waals surface area (Å²) in [5.41, 5.74) is 0.911. The topological polar surface area (TPSA) is 83.8 Å². The van der Waals surface area contributed by atoms with Gasteiger partial charge in [-0.25, -0.2) is 9.37 Å². The van der Waals surface area contributed by atoms with Gasteiger partial charge in [0.05, 0.1) is 17.2 Å². The zero-order chi connectivity index (χ0) is 18.0. The second kappa shape index (κ2) is 7.05. The number of anilines is 1. The number of nitrogens with zero attached hydrogens (tertiary/aromatic N) is 4. The monoisotopic (exact) mass is 371 g/mol. The summed E-state index contributed by atoms with van der Waals surface area (Å²) in [6.07, 6.45) is 6.15. The van der Waals surface area contributed by atoms with Crippen LogP contribution in [0.15, 0.2) is 36.7 Å². The standard InChI is InChI=1S/C18H18FN5OS/c19-13-3-1-8-20-16(13)18(6-2-7-18)11-22-15-5-4-14(23-24-15)17-21-9-12(10-25)26-17/h1,3-5,8-9,25H,2,6-7,10-11H2,(H,22,24). The van der Waals surface area contributed by atoms with E-state index in [0.717, 1.165) is 29.1 Å². The molecule has 2 N–H and O–H groups in total. The van der Waals surface area contributed by atoms with E-state index in [9.17, 15) is 4.39 Å². The van der Waals surface area contributed by atoms with Crippen LogP contribution >= 0.6 is 11.3 Å². The number of aromatic nitrogens is 4. The van der Waals surface area contributed by atoms with Crippen molar-refractivity contribution in [1.29, 1.82) is 0 Å². The Morgan fingerprint density at radius 1 is 1.19 bits per heavy atom. The highest BCUT2D eigenvalue weighted by Crippen LogP contribution is 2.43. The molecule has 0 aliphatic heterocycles. The first-order valence-corrected chi connectivity index (χ1v) is 9.26. The molecule has 0 spiro atoms. The summed E-state index contributed by atoms with van der Waals surface area (Å²) in [5.74, 6) is 0.384. The third-order valence-corrected chi connectivity index (χ3v) is 5.78. The molecule has 0 atom stereocenters. The van der Waals surface area contributed by atoms with Crippen molar-refractivity contribution in [2.45, 2.75) is 31.3 Å². The minimum absolute atomic E-state index is 0.0309.